The summed E-state index contributed by atoms with van der Waals surface area (Å²) in [5, 5.41) is 6.36. The molecule has 1 aliphatic rings. The summed E-state index contributed by atoms with van der Waals surface area (Å²) in [7, 11) is 0. The van der Waals surface area contributed by atoms with Gasteiger partial charge in [-0.25, -0.2) is 0 Å². The van der Waals surface area contributed by atoms with Crippen molar-refractivity contribution in [3.05, 3.63) is 24.0 Å². The highest BCUT2D eigenvalue weighted by Gasteiger charge is 2.20. The Morgan fingerprint density at radius 2 is 2.35 bits per heavy atom. The molecule has 1 heterocycles. The zero-order valence-corrected chi connectivity index (χ0v) is 10.4. The summed E-state index contributed by atoms with van der Waals surface area (Å²) >= 11 is 0. The van der Waals surface area contributed by atoms with Gasteiger partial charge in [0.15, 0.2) is 0 Å². The van der Waals surface area contributed by atoms with Crippen molar-refractivity contribution in [3.63, 3.8) is 0 Å². The number of aromatic nitrogens is 1. The molecule has 0 aliphatic heterocycles. The first-order valence-corrected chi connectivity index (χ1v) is 6.43. The van der Waals surface area contributed by atoms with Gasteiger partial charge >= 0.3 is 0 Å². The maximum atomic E-state index is 11.6. The minimum atomic E-state index is 0.0933. The van der Waals surface area contributed by atoms with Crippen LogP contribution in [0.5, 0.6) is 0 Å². The van der Waals surface area contributed by atoms with Crippen molar-refractivity contribution in [2.75, 3.05) is 6.54 Å². The van der Waals surface area contributed by atoms with Crippen LogP contribution < -0.4 is 10.6 Å². The number of rotatable bonds is 7. The molecule has 1 amide bonds. The van der Waals surface area contributed by atoms with E-state index >= 15 is 0 Å². The highest BCUT2D eigenvalue weighted by molar-refractivity contribution is 5.75. The lowest BCUT2D eigenvalue weighted by Crippen LogP contribution is -2.29. The molecule has 1 aliphatic carbocycles. The van der Waals surface area contributed by atoms with E-state index in [4.69, 9.17) is 0 Å². The van der Waals surface area contributed by atoms with Gasteiger partial charge in [-0.3, -0.25) is 4.79 Å². The Labute approximate surface area is 102 Å². The molecule has 94 valence electrons. The molecule has 0 aromatic carbocycles. The molecule has 2 N–H and O–H groups in total. The van der Waals surface area contributed by atoms with Crippen molar-refractivity contribution in [1.29, 1.82) is 0 Å². The summed E-state index contributed by atoms with van der Waals surface area (Å²) in [6.07, 6.45) is 5.53. The number of nitrogens with zero attached hydrogens (tertiary/aromatic N) is 1. The summed E-state index contributed by atoms with van der Waals surface area (Å²) in [4.78, 5) is 11.6. The van der Waals surface area contributed by atoms with E-state index in [1.165, 1.54) is 18.5 Å². The average molecular weight is 235 g/mol. The summed E-state index contributed by atoms with van der Waals surface area (Å²) in [6, 6.07) is 4.77. The van der Waals surface area contributed by atoms with Gasteiger partial charge in [0.1, 0.15) is 6.54 Å². The Hall–Kier alpha value is -1.29. The van der Waals surface area contributed by atoms with Crippen LogP contribution in [0.1, 0.15) is 31.9 Å². The predicted molar refractivity (Wildman–Crippen MR) is 67.6 cm³/mol. The van der Waals surface area contributed by atoms with Crippen LogP contribution in [-0.2, 0) is 17.9 Å². The van der Waals surface area contributed by atoms with Crippen molar-refractivity contribution in [2.45, 2.75) is 45.3 Å². The van der Waals surface area contributed by atoms with Crippen molar-refractivity contribution in [2.24, 2.45) is 0 Å². The molecule has 4 nitrogen and oxygen atoms in total. The second-order valence-electron chi connectivity index (χ2n) is 4.63. The quantitative estimate of drug-likeness (QED) is 0.747. The van der Waals surface area contributed by atoms with E-state index < -0.39 is 0 Å². The van der Waals surface area contributed by atoms with E-state index in [0.717, 1.165) is 19.5 Å². The summed E-state index contributed by atoms with van der Waals surface area (Å²) in [5.74, 6) is 0.0933. The fourth-order valence-electron chi connectivity index (χ4n) is 1.78. The number of amides is 1. The minimum Gasteiger partial charge on any atom is -0.355 e. The summed E-state index contributed by atoms with van der Waals surface area (Å²) < 4.78 is 2.01. The molecule has 1 fully saturated rings. The molecule has 1 aromatic rings. The minimum absolute atomic E-state index is 0.0933. The zero-order valence-electron chi connectivity index (χ0n) is 10.4. The number of hydrogen-bond donors (Lipinski definition) is 2. The smallest absolute Gasteiger partial charge is 0.239 e. The van der Waals surface area contributed by atoms with Gasteiger partial charge in [0.25, 0.3) is 0 Å². The second kappa shape index (κ2) is 5.87. The highest BCUT2D eigenvalue weighted by atomic mass is 16.1. The Balaban J connectivity index is 1.81. The van der Waals surface area contributed by atoms with Gasteiger partial charge in [-0.1, -0.05) is 6.92 Å². The highest BCUT2D eigenvalue weighted by Crippen LogP contribution is 2.19. The average Bonchev–Trinajstić information content (AvgIpc) is 3.05. The van der Waals surface area contributed by atoms with Crippen LogP contribution in [-0.4, -0.2) is 23.1 Å². The van der Waals surface area contributed by atoms with Gasteiger partial charge in [-0.05, 0) is 31.4 Å². The molecule has 1 aromatic heterocycles. The maximum Gasteiger partial charge on any atom is 0.239 e. The van der Waals surface area contributed by atoms with Crippen molar-refractivity contribution >= 4 is 5.91 Å². The predicted octanol–water partition coefficient (Wildman–Crippen LogP) is 1.27. The van der Waals surface area contributed by atoms with Crippen LogP contribution in [0.15, 0.2) is 18.3 Å². The first-order valence-electron chi connectivity index (χ1n) is 6.43. The number of nitrogens with one attached hydrogen (secondary N) is 2. The topological polar surface area (TPSA) is 46.1 Å². The van der Waals surface area contributed by atoms with Crippen molar-refractivity contribution in [1.82, 2.24) is 15.2 Å². The standard InChI is InChI=1S/C13H21N3O/c1-2-7-14-13(17)10-16-8-3-4-12(16)9-15-11-5-6-11/h3-4,8,11,15H,2,5-7,9-10H2,1H3,(H,14,17). The van der Waals surface area contributed by atoms with E-state index in [-0.39, 0.29) is 5.91 Å². The third-order valence-corrected chi connectivity index (χ3v) is 2.96. The van der Waals surface area contributed by atoms with Crippen molar-refractivity contribution in [3.8, 4) is 0 Å². The van der Waals surface area contributed by atoms with E-state index in [1.807, 2.05) is 16.8 Å². The van der Waals surface area contributed by atoms with Crippen LogP contribution >= 0.6 is 0 Å². The largest absolute Gasteiger partial charge is 0.355 e. The lowest BCUT2D eigenvalue weighted by Gasteiger charge is -2.10. The van der Waals surface area contributed by atoms with Crippen LogP contribution in [0.25, 0.3) is 0 Å². The SMILES string of the molecule is CCCNC(=O)Cn1cccc1CNC1CC1. The third-order valence-electron chi connectivity index (χ3n) is 2.96. The zero-order chi connectivity index (χ0) is 12.1. The fourth-order valence-corrected chi connectivity index (χ4v) is 1.78. The maximum absolute atomic E-state index is 11.6. The molecule has 0 saturated heterocycles. The Morgan fingerprint density at radius 1 is 1.53 bits per heavy atom. The van der Waals surface area contributed by atoms with E-state index in [1.54, 1.807) is 0 Å². The monoisotopic (exact) mass is 235 g/mol. The van der Waals surface area contributed by atoms with Crippen molar-refractivity contribution < 1.29 is 4.79 Å². The second-order valence-corrected chi connectivity index (χ2v) is 4.63. The number of hydrogen-bond acceptors (Lipinski definition) is 2. The molecule has 17 heavy (non-hydrogen) atoms. The lowest BCUT2D eigenvalue weighted by molar-refractivity contribution is -0.121. The van der Waals surface area contributed by atoms with E-state index in [2.05, 4.69) is 23.6 Å². The molecule has 4 heteroatoms. The molecule has 0 atom stereocenters. The molecule has 2 rings (SSSR count). The van der Waals surface area contributed by atoms with Gasteiger partial charge in [-0.2, -0.15) is 0 Å². The molecule has 1 saturated carbocycles. The molecule has 0 bridgehead atoms. The van der Waals surface area contributed by atoms with Crippen LogP contribution in [0, 0.1) is 0 Å². The summed E-state index contributed by atoms with van der Waals surface area (Å²) in [5.41, 5.74) is 1.18. The third kappa shape index (κ3) is 3.89. The van der Waals surface area contributed by atoms with Gasteiger partial charge in [0, 0.05) is 31.0 Å². The first-order chi connectivity index (χ1) is 8.29. The molecule has 0 unspecified atom stereocenters. The molecular formula is C13H21N3O. The Kier molecular flexibility index (Phi) is 4.20. The van der Waals surface area contributed by atoms with Crippen LogP contribution in [0.4, 0.5) is 0 Å². The molecular weight excluding hydrogens is 214 g/mol. The Morgan fingerprint density at radius 3 is 3.06 bits per heavy atom. The van der Waals surface area contributed by atoms with E-state index in [9.17, 15) is 4.79 Å². The lowest BCUT2D eigenvalue weighted by atomic mass is 10.4. The fraction of sp³-hybridized carbons (Fsp3) is 0.615. The number of carbonyl (C=O) groups is 1. The van der Waals surface area contributed by atoms with Gasteiger partial charge in [0.05, 0.1) is 0 Å². The normalized spacial score (nSPS) is 14.9. The van der Waals surface area contributed by atoms with E-state index in [0.29, 0.717) is 12.6 Å². The van der Waals surface area contributed by atoms with Gasteiger partial charge in [-0.15, -0.1) is 0 Å². The molecule has 0 radical (unpaired) electrons. The molecule has 0 spiro atoms. The van der Waals surface area contributed by atoms with Crippen LogP contribution in [0.3, 0.4) is 0 Å². The number of carbonyl (C=O) groups excluding carboxylic acids is 1. The first kappa shape index (κ1) is 12.2. The van der Waals surface area contributed by atoms with Gasteiger partial charge < -0.3 is 15.2 Å². The summed E-state index contributed by atoms with van der Waals surface area (Å²) in [6.45, 7) is 4.10. The van der Waals surface area contributed by atoms with Crippen LogP contribution in [0.2, 0.25) is 0 Å². The Bertz CT molecular complexity index is 368. The van der Waals surface area contributed by atoms with Gasteiger partial charge in [0.2, 0.25) is 5.91 Å².